The van der Waals surface area contributed by atoms with Gasteiger partial charge >= 0.3 is 0 Å². The first kappa shape index (κ1) is 17.3. The second kappa shape index (κ2) is 7.69. The maximum absolute atomic E-state index is 12.9. The molecular weight excluding hydrogens is 299 g/mol. The van der Waals surface area contributed by atoms with Gasteiger partial charge in [0.15, 0.2) is 8.32 Å². The smallest absolute Gasteiger partial charge is 0.192 e. The Morgan fingerprint density at radius 3 is 2.47 bits per heavy atom. The van der Waals surface area contributed by atoms with E-state index in [2.05, 4.69) is 49.8 Å². The van der Waals surface area contributed by atoms with E-state index in [-0.39, 0.29) is 10.9 Å². The van der Waals surface area contributed by atoms with Crippen molar-refractivity contribution < 1.29 is 8.82 Å². The third-order valence-electron chi connectivity index (χ3n) is 3.58. The Kier molecular flexibility index (Phi) is 7.84. The Hall–Kier alpha value is 0.327. The molecule has 0 aliphatic heterocycles. The number of hydrogen-bond acceptors (Lipinski definition) is 1. The number of hydrogen-bond donors (Lipinski definition) is 0. The highest BCUT2D eigenvalue weighted by molar-refractivity contribution is 9.09. The van der Waals surface area contributed by atoms with Gasteiger partial charge < -0.3 is 4.43 Å². The standard InChI is InChI=1S/C13H26BrFOSi/c1-6-9-13(2,3)17(4,5)16-10-7-8-12(15)11-14/h8H,6-7,9-11H2,1-5H3/b12-8-. The maximum atomic E-state index is 12.9. The van der Waals surface area contributed by atoms with E-state index >= 15 is 0 Å². The zero-order valence-electron chi connectivity index (χ0n) is 11.8. The van der Waals surface area contributed by atoms with E-state index in [4.69, 9.17) is 4.43 Å². The summed E-state index contributed by atoms with van der Waals surface area (Å²) in [5, 5.41) is 0.578. The Morgan fingerprint density at radius 1 is 1.41 bits per heavy atom. The summed E-state index contributed by atoms with van der Waals surface area (Å²) in [6, 6.07) is 0. The van der Waals surface area contributed by atoms with E-state index in [1.807, 2.05) is 0 Å². The third-order valence-corrected chi connectivity index (χ3v) is 8.55. The van der Waals surface area contributed by atoms with Crippen molar-refractivity contribution in [3.8, 4) is 0 Å². The fourth-order valence-corrected chi connectivity index (χ4v) is 3.81. The first-order valence-corrected chi connectivity index (χ1v) is 10.3. The van der Waals surface area contributed by atoms with Gasteiger partial charge in [-0.2, -0.15) is 0 Å². The van der Waals surface area contributed by atoms with Crippen LogP contribution in [0.25, 0.3) is 0 Å². The van der Waals surface area contributed by atoms with Gasteiger partial charge in [0.2, 0.25) is 0 Å². The van der Waals surface area contributed by atoms with Gasteiger partial charge in [0, 0.05) is 6.61 Å². The predicted molar refractivity (Wildman–Crippen MR) is 80.0 cm³/mol. The normalized spacial score (nSPS) is 14.2. The minimum atomic E-state index is -1.70. The molecule has 0 aromatic carbocycles. The molecule has 102 valence electrons. The van der Waals surface area contributed by atoms with Crippen LogP contribution in [0.3, 0.4) is 0 Å². The lowest BCUT2D eigenvalue weighted by atomic mass is 10.1. The molecule has 17 heavy (non-hydrogen) atoms. The van der Waals surface area contributed by atoms with Gasteiger partial charge in [-0.3, -0.25) is 0 Å². The summed E-state index contributed by atoms with van der Waals surface area (Å²) in [7, 11) is -1.70. The van der Waals surface area contributed by atoms with Crippen LogP contribution >= 0.6 is 15.9 Å². The Morgan fingerprint density at radius 2 is 2.00 bits per heavy atom. The van der Waals surface area contributed by atoms with Crippen LogP contribution in [0.15, 0.2) is 11.9 Å². The molecule has 0 saturated carbocycles. The monoisotopic (exact) mass is 324 g/mol. The van der Waals surface area contributed by atoms with Gasteiger partial charge in [-0.05, 0) is 37.0 Å². The molecule has 0 N–H and O–H groups in total. The van der Waals surface area contributed by atoms with Gasteiger partial charge in [0.25, 0.3) is 0 Å². The summed E-state index contributed by atoms with van der Waals surface area (Å²) in [5.41, 5.74) is 0. The van der Waals surface area contributed by atoms with Crippen LogP contribution in [0.4, 0.5) is 4.39 Å². The molecule has 0 aliphatic rings. The van der Waals surface area contributed by atoms with Crippen LogP contribution in [-0.4, -0.2) is 20.3 Å². The van der Waals surface area contributed by atoms with Crippen LogP contribution in [0, 0.1) is 0 Å². The molecule has 0 amide bonds. The van der Waals surface area contributed by atoms with Crippen molar-refractivity contribution in [2.75, 3.05) is 11.9 Å². The van der Waals surface area contributed by atoms with Gasteiger partial charge in [-0.15, -0.1) is 0 Å². The molecule has 0 bridgehead atoms. The average Bonchev–Trinajstić information content (AvgIpc) is 2.23. The maximum Gasteiger partial charge on any atom is 0.192 e. The predicted octanol–water partition coefficient (Wildman–Crippen LogP) is 5.43. The van der Waals surface area contributed by atoms with E-state index in [0.717, 1.165) is 0 Å². The Balaban J connectivity index is 4.18. The minimum Gasteiger partial charge on any atom is -0.417 e. The molecule has 0 saturated heterocycles. The van der Waals surface area contributed by atoms with Gasteiger partial charge in [0.1, 0.15) is 5.83 Å². The highest BCUT2D eigenvalue weighted by Crippen LogP contribution is 2.41. The first-order valence-electron chi connectivity index (χ1n) is 6.31. The van der Waals surface area contributed by atoms with Crippen molar-refractivity contribution in [3.63, 3.8) is 0 Å². The van der Waals surface area contributed by atoms with E-state index in [1.54, 1.807) is 6.08 Å². The van der Waals surface area contributed by atoms with Crippen molar-refractivity contribution in [2.45, 2.75) is 58.2 Å². The molecule has 0 rings (SSSR count). The Bertz CT molecular complexity index is 252. The lowest BCUT2D eigenvalue weighted by Crippen LogP contribution is -2.42. The first-order chi connectivity index (χ1) is 7.77. The van der Waals surface area contributed by atoms with Crippen LogP contribution in [0.1, 0.15) is 40.0 Å². The van der Waals surface area contributed by atoms with E-state index < -0.39 is 8.32 Å². The van der Waals surface area contributed by atoms with E-state index in [0.29, 0.717) is 18.4 Å². The van der Waals surface area contributed by atoms with Gasteiger partial charge in [0.05, 0.1) is 5.33 Å². The van der Waals surface area contributed by atoms with E-state index in [9.17, 15) is 4.39 Å². The summed E-state index contributed by atoms with van der Waals surface area (Å²) in [6.45, 7) is 11.9. The topological polar surface area (TPSA) is 9.23 Å². The summed E-state index contributed by atoms with van der Waals surface area (Å²) >= 11 is 3.08. The summed E-state index contributed by atoms with van der Waals surface area (Å²) in [6.07, 6.45) is 4.64. The molecule has 0 radical (unpaired) electrons. The zero-order chi connectivity index (χ0) is 13.5. The second-order valence-corrected chi connectivity index (χ2v) is 10.8. The van der Waals surface area contributed by atoms with Crippen LogP contribution in [0.2, 0.25) is 18.1 Å². The number of alkyl halides is 1. The van der Waals surface area contributed by atoms with Crippen molar-refractivity contribution in [1.82, 2.24) is 0 Å². The van der Waals surface area contributed by atoms with Crippen LogP contribution in [-0.2, 0) is 4.43 Å². The molecule has 0 aromatic heterocycles. The number of allylic oxidation sites excluding steroid dienone is 1. The molecule has 1 nitrogen and oxygen atoms in total. The molecule has 0 spiro atoms. The lowest BCUT2D eigenvalue weighted by molar-refractivity contribution is 0.286. The highest BCUT2D eigenvalue weighted by Gasteiger charge is 2.39. The molecule has 0 fully saturated rings. The molecular formula is C13H26BrFOSi. The van der Waals surface area contributed by atoms with Crippen LogP contribution < -0.4 is 0 Å². The van der Waals surface area contributed by atoms with Crippen LogP contribution in [0.5, 0.6) is 0 Å². The zero-order valence-corrected chi connectivity index (χ0v) is 14.4. The molecule has 0 aromatic rings. The fourth-order valence-electron chi connectivity index (χ4n) is 1.71. The quantitative estimate of drug-likeness (QED) is 0.329. The molecule has 0 heterocycles. The SMILES string of the molecule is CCCC(C)(C)[Si](C)(C)OCC/C=C(\F)CBr. The molecule has 0 unspecified atom stereocenters. The molecule has 0 aliphatic carbocycles. The third kappa shape index (κ3) is 6.16. The Labute approximate surface area is 115 Å². The summed E-state index contributed by atoms with van der Waals surface area (Å²) < 4.78 is 18.9. The summed E-state index contributed by atoms with van der Waals surface area (Å²) in [5.74, 6) is -0.110. The van der Waals surface area contributed by atoms with Gasteiger partial charge in [-0.1, -0.05) is 43.1 Å². The second-order valence-electron chi connectivity index (χ2n) is 5.57. The lowest BCUT2D eigenvalue weighted by Gasteiger charge is -2.39. The van der Waals surface area contributed by atoms with Gasteiger partial charge in [-0.25, -0.2) is 4.39 Å². The minimum absolute atomic E-state index is 0.110. The van der Waals surface area contributed by atoms with E-state index in [1.165, 1.54) is 12.8 Å². The molecule has 0 atom stereocenters. The largest absolute Gasteiger partial charge is 0.417 e. The molecule has 4 heteroatoms. The number of halogens is 2. The highest BCUT2D eigenvalue weighted by atomic mass is 79.9. The average molecular weight is 325 g/mol. The van der Waals surface area contributed by atoms with Crippen molar-refractivity contribution in [1.29, 1.82) is 0 Å². The van der Waals surface area contributed by atoms with Crippen molar-refractivity contribution in [3.05, 3.63) is 11.9 Å². The van der Waals surface area contributed by atoms with Crippen molar-refractivity contribution in [2.24, 2.45) is 0 Å². The fraction of sp³-hybridized carbons (Fsp3) is 0.846. The number of rotatable bonds is 8. The summed E-state index contributed by atoms with van der Waals surface area (Å²) in [4.78, 5) is 0. The van der Waals surface area contributed by atoms with Crippen molar-refractivity contribution >= 4 is 24.2 Å².